The molecule has 3 aromatic carbocycles. The van der Waals surface area contributed by atoms with Crippen LogP contribution in [-0.2, 0) is 0 Å². The van der Waals surface area contributed by atoms with Gasteiger partial charge in [0.2, 0.25) is 5.43 Å². The van der Waals surface area contributed by atoms with E-state index in [9.17, 15) is 18.4 Å². The molecule has 53 heavy (non-hydrogen) atoms. The van der Waals surface area contributed by atoms with E-state index in [1.54, 1.807) is 41.8 Å². The zero-order chi connectivity index (χ0) is 38.0. The van der Waals surface area contributed by atoms with Crippen LogP contribution in [0.4, 0.5) is 14.5 Å². The minimum absolute atomic E-state index is 0.00796. The smallest absolute Gasteiger partial charge is 0.263 e. The maximum Gasteiger partial charge on any atom is 0.263 e. The maximum atomic E-state index is 14.3. The normalized spacial score (nSPS) is 13.9. The first-order chi connectivity index (χ1) is 25.6. The quantitative estimate of drug-likeness (QED) is 0.0752. The van der Waals surface area contributed by atoms with Crippen molar-refractivity contribution in [3.63, 3.8) is 0 Å². The van der Waals surface area contributed by atoms with Gasteiger partial charge < -0.3 is 32.9 Å². The topological polar surface area (TPSA) is 79.2 Å². The van der Waals surface area contributed by atoms with Crippen LogP contribution in [0.15, 0.2) is 59.5 Å². The Morgan fingerprint density at radius 1 is 0.792 bits per heavy atom. The van der Waals surface area contributed by atoms with Gasteiger partial charge in [0.15, 0.2) is 0 Å². The fourth-order valence-corrected chi connectivity index (χ4v) is 7.29. The number of nitrogens with zero attached hydrogens (tertiary/aromatic N) is 3. The Balaban J connectivity index is 1.47. The maximum absolute atomic E-state index is 14.3. The number of carbonyl (C=O) groups is 1. The van der Waals surface area contributed by atoms with E-state index in [1.165, 1.54) is 74.4 Å². The Labute approximate surface area is 311 Å². The Morgan fingerprint density at radius 3 is 2.04 bits per heavy atom. The molecule has 1 saturated heterocycles. The highest BCUT2D eigenvalue weighted by Gasteiger charge is 2.26. The summed E-state index contributed by atoms with van der Waals surface area (Å²) in [5, 5.41) is 0.150. The first-order valence-electron chi connectivity index (χ1n) is 19.0. The van der Waals surface area contributed by atoms with Gasteiger partial charge in [0.05, 0.1) is 70.2 Å². The Bertz CT molecular complexity index is 1880. The number of pyridine rings is 1. The van der Waals surface area contributed by atoms with Crippen LogP contribution < -0.4 is 29.3 Å². The van der Waals surface area contributed by atoms with Gasteiger partial charge in [0.1, 0.15) is 40.2 Å². The number of anilines is 1. The number of methoxy groups -OCH3 is 1. The molecule has 286 valence electrons. The second-order valence-corrected chi connectivity index (χ2v) is 13.9. The van der Waals surface area contributed by atoms with Gasteiger partial charge >= 0.3 is 0 Å². The van der Waals surface area contributed by atoms with E-state index in [0.717, 1.165) is 37.5 Å². The number of aromatic nitrogens is 1. The number of piperidine rings is 1. The molecule has 0 unspecified atom stereocenters. The molecule has 1 aromatic heterocycles. The number of halogens is 2. The zero-order valence-electron chi connectivity index (χ0n) is 31.8. The van der Waals surface area contributed by atoms with Crippen molar-refractivity contribution in [3.05, 3.63) is 82.1 Å². The second kappa shape index (κ2) is 18.4. The minimum atomic E-state index is -0.837. The summed E-state index contributed by atoms with van der Waals surface area (Å²) in [6.45, 7) is 10.6. The molecule has 1 fully saturated rings. The summed E-state index contributed by atoms with van der Waals surface area (Å²) in [5.74, 6) is -0.591. The van der Waals surface area contributed by atoms with E-state index < -0.39 is 23.0 Å². The number of carbonyl (C=O) groups excluding carboxylic acids is 1. The van der Waals surface area contributed by atoms with E-state index in [-0.39, 0.29) is 28.9 Å². The third kappa shape index (κ3) is 9.87. The number of quaternary nitrogens is 1. The van der Waals surface area contributed by atoms with Crippen LogP contribution in [0, 0.1) is 11.6 Å². The summed E-state index contributed by atoms with van der Waals surface area (Å²) in [6.07, 6.45) is 11.0. The van der Waals surface area contributed by atoms with Gasteiger partial charge in [-0.2, -0.15) is 0 Å². The van der Waals surface area contributed by atoms with Crippen LogP contribution >= 0.6 is 0 Å². The number of benzene rings is 3. The number of hydrogen-bond donors (Lipinski definition) is 0. The largest absolute Gasteiger partial charge is 0.496 e. The third-order valence-corrected chi connectivity index (χ3v) is 9.99. The van der Waals surface area contributed by atoms with Gasteiger partial charge in [-0.15, -0.1) is 0 Å². The Morgan fingerprint density at radius 2 is 1.42 bits per heavy atom. The number of unbranched alkanes of at least 4 members (excludes halogenated alkanes) is 4. The Hall–Kier alpha value is -4.64. The summed E-state index contributed by atoms with van der Waals surface area (Å²) < 4.78 is 55.2. The number of ether oxygens (including phenoxy) is 4. The van der Waals surface area contributed by atoms with Gasteiger partial charge in [0.25, 0.3) is 5.91 Å². The SMILES string of the molecule is CCOc1cc(OCC)cc(-n2cc(C(=O)N(CC)c3cc(F)cc(F)c3)c(=O)c3c(OC)cc(OCCCCCCC[N+]4(C)CCCCC4)cc32)c1. The van der Waals surface area contributed by atoms with E-state index in [4.69, 9.17) is 18.9 Å². The highest BCUT2D eigenvalue weighted by Crippen LogP contribution is 2.34. The zero-order valence-corrected chi connectivity index (χ0v) is 31.8. The minimum Gasteiger partial charge on any atom is -0.496 e. The van der Waals surface area contributed by atoms with Crippen molar-refractivity contribution in [2.45, 2.75) is 72.1 Å². The van der Waals surface area contributed by atoms with E-state index in [2.05, 4.69) is 7.05 Å². The molecular weight excluding hydrogens is 680 g/mol. The molecule has 0 saturated carbocycles. The Kier molecular flexibility index (Phi) is 13.7. The monoisotopic (exact) mass is 734 g/mol. The predicted molar refractivity (Wildman–Crippen MR) is 205 cm³/mol. The predicted octanol–water partition coefficient (Wildman–Crippen LogP) is 8.70. The van der Waals surface area contributed by atoms with Crippen LogP contribution in [0.2, 0.25) is 0 Å². The van der Waals surface area contributed by atoms with Crippen LogP contribution in [0.1, 0.15) is 82.5 Å². The first kappa shape index (κ1) is 39.6. The number of likely N-dealkylation sites (tertiary alicyclic amines) is 1. The number of fused-ring (bicyclic) bond motifs is 1. The highest BCUT2D eigenvalue weighted by molar-refractivity contribution is 6.08. The molecule has 0 bridgehead atoms. The fraction of sp³-hybridized carbons (Fsp3) is 0.476. The van der Waals surface area contributed by atoms with Crippen molar-refractivity contribution in [2.24, 2.45) is 0 Å². The molecule has 0 spiro atoms. The number of hydrogen-bond acceptors (Lipinski definition) is 6. The molecule has 0 aliphatic carbocycles. The van der Waals surface area contributed by atoms with Crippen molar-refractivity contribution in [1.82, 2.24) is 4.57 Å². The standard InChI is InChI=1S/C42H54F2N3O6/c1-6-45(32-22-30(43)21-31(44)23-32)42(49)37-29-46(33-24-34(51-7-2)26-35(25-33)52-8-3)38-27-36(28-39(50-5)40(38)41(37)48)53-20-16-11-9-10-13-17-47(4)18-14-12-15-19-47/h21-29H,6-20H2,1-5H3/q+1. The van der Waals surface area contributed by atoms with Gasteiger partial charge in [0, 0.05) is 54.8 Å². The fourth-order valence-electron chi connectivity index (χ4n) is 7.29. The van der Waals surface area contributed by atoms with Crippen LogP contribution in [0.25, 0.3) is 16.6 Å². The van der Waals surface area contributed by atoms with E-state index in [1.807, 2.05) is 13.8 Å². The summed E-state index contributed by atoms with van der Waals surface area (Å²) in [4.78, 5) is 29.6. The van der Waals surface area contributed by atoms with E-state index >= 15 is 0 Å². The molecule has 0 N–H and O–H groups in total. The van der Waals surface area contributed by atoms with Crippen LogP contribution in [-0.4, -0.2) is 75.1 Å². The molecule has 2 heterocycles. The lowest BCUT2D eigenvalue weighted by molar-refractivity contribution is -0.914. The molecule has 1 aliphatic heterocycles. The van der Waals surface area contributed by atoms with Gasteiger partial charge in [-0.1, -0.05) is 12.8 Å². The first-order valence-corrected chi connectivity index (χ1v) is 19.0. The summed E-state index contributed by atoms with van der Waals surface area (Å²) in [7, 11) is 3.85. The molecule has 0 radical (unpaired) electrons. The summed E-state index contributed by atoms with van der Waals surface area (Å²) in [5.41, 5.74) is 0.175. The lowest BCUT2D eigenvalue weighted by atomic mass is 10.1. The average Bonchev–Trinajstić information content (AvgIpc) is 3.13. The van der Waals surface area contributed by atoms with E-state index in [0.29, 0.717) is 48.3 Å². The lowest BCUT2D eigenvalue weighted by Gasteiger charge is -2.37. The highest BCUT2D eigenvalue weighted by atomic mass is 19.1. The van der Waals surface area contributed by atoms with Crippen molar-refractivity contribution in [3.8, 4) is 28.7 Å². The van der Waals surface area contributed by atoms with Crippen LogP contribution in [0.5, 0.6) is 23.0 Å². The van der Waals surface area contributed by atoms with Crippen molar-refractivity contribution >= 4 is 22.5 Å². The molecule has 1 amide bonds. The lowest BCUT2D eigenvalue weighted by Crippen LogP contribution is -2.48. The van der Waals surface area contributed by atoms with Gasteiger partial charge in [-0.05, 0) is 71.4 Å². The van der Waals surface area contributed by atoms with Crippen LogP contribution in [0.3, 0.4) is 0 Å². The van der Waals surface area contributed by atoms with Crippen molar-refractivity contribution < 1.29 is 37.0 Å². The average molecular weight is 735 g/mol. The molecular formula is C42H54F2N3O6+. The third-order valence-electron chi connectivity index (χ3n) is 9.99. The molecule has 11 heteroatoms. The molecule has 1 aliphatic rings. The second-order valence-electron chi connectivity index (χ2n) is 13.9. The van der Waals surface area contributed by atoms with Gasteiger partial charge in [-0.25, -0.2) is 8.78 Å². The van der Waals surface area contributed by atoms with Crippen molar-refractivity contribution in [1.29, 1.82) is 0 Å². The molecule has 9 nitrogen and oxygen atoms in total. The number of rotatable bonds is 18. The summed E-state index contributed by atoms with van der Waals surface area (Å²) >= 11 is 0. The molecule has 0 atom stereocenters. The molecule has 4 aromatic rings. The molecule has 5 rings (SSSR count). The number of amides is 1. The summed E-state index contributed by atoms with van der Waals surface area (Å²) in [6, 6.07) is 11.6. The van der Waals surface area contributed by atoms with Crippen molar-refractivity contribution in [2.75, 3.05) is 65.1 Å². The van der Waals surface area contributed by atoms with Gasteiger partial charge in [-0.3, -0.25) is 9.59 Å².